The number of rotatable bonds is 0. The monoisotopic (exact) mass is 156 g/mol. The molecule has 0 radical (unpaired) electrons. The zero-order valence-corrected chi connectivity index (χ0v) is 7.39. The van der Waals surface area contributed by atoms with Crippen molar-refractivity contribution in [3.63, 3.8) is 0 Å². The summed E-state index contributed by atoms with van der Waals surface area (Å²) in [6.07, 6.45) is 0. The van der Waals surface area contributed by atoms with Crippen molar-refractivity contribution in [2.24, 2.45) is 16.4 Å². The number of hydrazine groups is 1. The average molecular weight is 156 g/mol. The van der Waals surface area contributed by atoms with E-state index in [0.717, 1.165) is 12.3 Å². The summed E-state index contributed by atoms with van der Waals surface area (Å²) >= 11 is 0. The number of hydrogen-bond acceptors (Lipinski definition) is 4. The summed E-state index contributed by atoms with van der Waals surface area (Å²) in [4.78, 5) is 0. The van der Waals surface area contributed by atoms with Gasteiger partial charge in [-0.15, -0.1) is 0 Å². The summed E-state index contributed by atoms with van der Waals surface area (Å²) < 4.78 is 0. The normalized spacial score (nSPS) is 20.9. The molecule has 0 atom stereocenters. The lowest BCUT2D eigenvalue weighted by molar-refractivity contribution is 0.273. The lowest BCUT2D eigenvalue weighted by atomic mass is 9.90. The zero-order chi connectivity index (χ0) is 8.48. The molecule has 0 aromatic rings. The fraction of sp³-hybridized carbons (Fsp3) is 0.857. The quantitative estimate of drug-likeness (QED) is 0.490. The maximum absolute atomic E-state index is 5.61. The van der Waals surface area contributed by atoms with Crippen LogP contribution in [0.4, 0.5) is 0 Å². The van der Waals surface area contributed by atoms with Crippen LogP contribution in [-0.2, 0) is 0 Å². The Morgan fingerprint density at radius 3 is 2.55 bits per heavy atom. The molecular formula is C7H16N4. The minimum Gasteiger partial charge on any atom is -0.294 e. The Bertz CT molecular complexity index is 168. The number of hydrogen-bond donors (Lipinski definition) is 2. The molecule has 0 unspecified atom stereocenters. The van der Waals surface area contributed by atoms with Crippen LogP contribution in [0.3, 0.4) is 0 Å². The van der Waals surface area contributed by atoms with Crippen LogP contribution in [0.15, 0.2) is 5.10 Å². The summed E-state index contributed by atoms with van der Waals surface area (Å²) in [5.74, 6) is 5.61. The van der Waals surface area contributed by atoms with Crippen LogP contribution in [-0.4, -0.2) is 23.9 Å². The van der Waals surface area contributed by atoms with E-state index >= 15 is 0 Å². The predicted octanol–water partition coefficient (Wildman–Crippen LogP) is 0.125. The van der Waals surface area contributed by atoms with Crippen molar-refractivity contribution in [1.82, 2.24) is 10.4 Å². The Morgan fingerprint density at radius 2 is 2.18 bits per heavy atom. The van der Waals surface area contributed by atoms with E-state index in [1.54, 1.807) is 5.01 Å². The molecule has 0 saturated heterocycles. The molecule has 0 amide bonds. The lowest BCUT2D eigenvalue weighted by Crippen LogP contribution is -2.48. The molecule has 11 heavy (non-hydrogen) atoms. The van der Waals surface area contributed by atoms with Gasteiger partial charge in [0, 0.05) is 5.41 Å². The van der Waals surface area contributed by atoms with Crippen LogP contribution >= 0.6 is 0 Å². The lowest BCUT2D eigenvalue weighted by Gasteiger charge is -2.29. The number of nitrogens with zero attached hydrogens (tertiary/aromatic N) is 2. The van der Waals surface area contributed by atoms with Gasteiger partial charge in [0.25, 0.3) is 0 Å². The SMILES string of the molecule is CC(C)(C)C1=NNCN(N)C1. The van der Waals surface area contributed by atoms with Gasteiger partial charge in [0.1, 0.15) is 0 Å². The van der Waals surface area contributed by atoms with E-state index in [4.69, 9.17) is 5.84 Å². The van der Waals surface area contributed by atoms with Crippen LogP contribution in [0.5, 0.6) is 0 Å². The molecule has 4 heteroatoms. The van der Waals surface area contributed by atoms with Crippen LogP contribution in [0.2, 0.25) is 0 Å². The van der Waals surface area contributed by atoms with Gasteiger partial charge in [-0.2, -0.15) is 5.10 Å². The van der Waals surface area contributed by atoms with E-state index in [-0.39, 0.29) is 5.41 Å². The largest absolute Gasteiger partial charge is 0.294 e. The van der Waals surface area contributed by atoms with Gasteiger partial charge in [0.15, 0.2) is 0 Å². The zero-order valence-electron chi connectivity index (χ0n) is 7.39. The summed E-state index contributed by atoms with van der Waals surface area (Å²) in [5.41, 5.74) is 4.10. The summed E-state index contributed by atoms with van der Waals surface area (Å²) in [6, 6.07) is 0. The van der Waals surface area contributed by atoms with E-state index in [2.05, 4.69) is 31.3 Å². The smallest absolute Gasteiger partial charge is 0.0980 e. The van der Waals surface area contributed by atoms with E-state index in [9.17, 15) is 0 Å². The Morgan fingerprint density at radius 1 is 1.55 bits per heavy atom. The Kier molecular flexibility index (Phi) is 2.15. The molecule has 0 aromatic heterocycles. The highest BCUT2D eigenvalue weighted by Gasteiger charge is 2.22. The molecule has 0 fully saturated rings. The second-order valence-corrected chi connectivity index (χ2v) is 3.87. The molecule has 1 heterocycles. The Balaban J connectivity index is 2.65. The van der Waals surface area contributed by atoms with Crippen molar-refractivity contribution < 1.29 is 0 Å². The highest BCUT2D eigenvalue weighted by Crippen LogP contribution is 2.16. The van der Waals surface area contributed by atoms with Crippen molar-refractivity contribution in [3.8, 4) is 0 Å². The number of nitrogens with two attached hydrogens (primary N) is 1. The van der Waals surface area contributed by atoms with Gasteiger partial charge in [-0.25, -0.2) is 5.01 Å². The van der Waals surface area contributed by atoms with Gasteiger partial charge in [0.2, 0.25) is 0 Å². The fourth-order valence-corrected chi connectivity index (χ4v) is 0.910. The second-order valence-electron chi connectivity index (χ2n) is 3.87. The van der Waals surface area contributed by atoms with Crippen molar-refractivity contribution in [1.29, 1.82) is 0 Å². The van der Waals surface area contributed by atoms with E-state index < -0.39 is 0 Å². The second kappa shape index (κ2) is 2.79. The van der Waals surface area contributed by atoms with Crippen LogP contribution in [0.25, 0.3) is 0 Å². The van der Waals surface area contributed by atoms with Crippen LogP contribution in [0.1, 0.15) is 20.8 Å². The van der Waals surface area contributed by atoms with Gasteiger partial charge < -0.3 is 0 Å². The topological polar surface area (TPSA) is 53.7 Å². The molecule has 0 spiro atoms. The first-order valence-corrected chi connectivity index (χ1v) is 3.79. The van der Waals surface area contributed by atoms with Gasteiger partial charge in [-0.05, 0) is 0 Å². The van der Waals surface area contributed by atoms with Crippen molar-refractivity contribution >= 4 is 5.71 Å². The van der Waals surface area contributed by atoms with Gasteiger partial charge in [-0.3, -0.25) is 11.3 Å². The molecular weight excluding hydrogens is 140 g/mol. The Labute approximate surface area is 67.4 Å². The molecule has 1 aliphatic rings. The highest BCUT2D eigenvalue weighted by atomic mass is 15.5. The first kappa shape index (κ1) is 8.49. The predicted molar refractivity (Wildman–Crippen MR) is 45.8 cm³/mol. The Hall–Kier alpha value is -0.610. The first-order valence-electron chi connectivity index (χ1n) is 3.79. The van der Waals surface area contributed by atoms with Crippen molar-refractivity contribution in [2.45, 2.75) is 20.8 Å². The summed E-state index contributed by atoms with van der Waals surface area (Å²) in [6.45, 7) is 7.79. The standard InChI is InChI=1S/C7H16N4/c1-7(2,3)6-4-11(8)5-9-10-6/h9H,4-5,8H2,1-3H3. The number of hydrazone groups is 1. The van der Waals surface area contributed by atoms with Gasteiger partial charge in [-0.1, -0.05) is 20.8 Å². The van der Waals surface area contributed by atoms with Crippen molar-refractivity contribution in [3.05, 3.63) is 0 Å². The van der Waals surface area contributed by atoms with Crippen LogP contribution in [0, 0.1) is 5.41 Å². The first-order chi connectivity index (χ1) is 5.00. The maximum atomic E-state index is 5.61. The van der Waals surface area contributed by atoms with Crippen LogP contribution < -0.4 is 11.3 Å². The molecule has 0 aliphatic carbocycles. The van der Waals surface area contributed by atoms with Gasteiger partial charge >= 0.3 is 0 Å². The molecule has 64 valence electrons. The third kappa shape index (κ3) is 2.17. The van der Waals surface area contributed by atoms with E-state index in [1.807, 2.05) is 0 Å². The fourth-order valence-electron chi connectivity index (χ4n) is 0.910. The maximum Gasteiger partial charge on any atom is 0.0980 e. The summed E-state index contributed by atoms with van der Waals surface area (Å²) in [5, 5.41) is 5.91. The number of nitrogens with one attached hydrogen (secondary N) is 1. The van der Waals surface area contributed by atoms with E-state index in [0.29, 0.717) is 6.67 Å². The average Bonchev–Trinajstić information content (AvgIpc) is 1.86. The molecule has 0 bridgehead atoms. The highest BCUT2D eigenvalue weighted by molar-refractivity contribution is 5.91. The molecule has 4 nitrogen and oxygen atoms in total. The molecule has 1 rings (SSSR count). The molecule has 1 aliphatic heterocycles. The van der Waals surface area contributed by atoms with Gasteiger partial charge in [0.05, 0.1) is 18.9 Å². The minimum absolute atomic E-state index is 0.116. The van der Waals surface area contributed by atoms with Crippen molar-refractivity contribution in [2.75, 3.05) is 13.2 Å². The summed E-state index contributed by atoms with van der Waals surface area (Å²) in [7, 11) is 0. The third-order valence-corrected chi connectivity index (χ3v) is 1.71. The molecule has 0 aromatic carbocycles. The third-order valence-electron chi connectivity index (χ3n) is 1.71. The van der Waals surface area contributed by atoms with E-state index in [1.165, 1.54) is 0 Å². The molecule has 0 saturated carbocycles. The minimum atomic E-state index is 0.116. The molecule has 3 N–H and O–H groups in total.